The standard InChI is InChI=1S/C12H9BrFNOS2/c13-7-4-8(18-6-7)5-16-10-3-1-2-9(14)11(10)12(15)17/h1-4,6H,5H2,(H2,15,17). The molecule has 0 atom stereocenters. The summed E-state index contributed by atoms with van der Waals surface area (Å²) >= 11 is 9.74. The average Bonchev–Trinajstić information content (AvgIpc) is 2.72. The number of ether oxygens (including phenoxy) is 1. The van der Waals surface area contributed by atoms with Crippen LogP contribution in [0.2, 0.25) is 0 Å². The van der Waals surface area contributed by atoms with Crippen LogP contribution in [0.3, 0.4) is 0 Å². The molecule has 0 saturated heterocycles. The molecule has 0 bridgehead atoms. The highest BCUT2D eigenvalue weighted by molar-refractivity contribution is 9.10. The molecule has 0 aliphatic carbocycles. The highest BCUT2D eigenvalue weighted by Gasteiger charge is 2.12. The van der Waals surface area contributed by atoms with E-state index in [1.54, 1.807) is 23.5 Å². The summed E-state index contributed by atoms with van der Waals surface area (Å²) in [7, 11) is 0. The second-order valence-corrected chi connectivity index (χ2v) is 5.85. The first-order valence-corrected chi connectivity index (χ1v) is 7.10. The Balaban J connectivity index is 2.19. The molecule has 1 aromatic carbocycles. The fourth-order valence-corrected chi connectivity index (χ4v) is 3.00. The molecule has 0 fully saturated rings. The van der Waals surface area contributed by atoms with E-state index in [9.17, 15) is 4.39 Å². The zero-order valence-corrected chi connectivity index (χ0v) is 12.4. The van der Waals surface area contributed by atoms with Gasteiger partial charge in [-0.1, -0.05) is 18.3 Å². The quantitative estimate of drug-likeness (QED) is 0.854. The highest BCUT2D eigenvalue weighted by atomic mass is 79.9. The molecule has 2 aromatic rings. The minimum absolute atomic E-state index is 0.00420. The Morgan fingerprint density at radius 3 is 2.89 bits per heavy atom. The van der Waals surface area contributed by atoms with E-state index < -0.39 is 5.82 Å². The molecule has 6 heteroatoms. The minimum atomic E-state index is -0.465. The van der Waals surface area contributed by atoms with Crippen molar-refractivity contribution >= 4 is 44.5 Å². The summed E-state index contributed by atoms with van der Waals surface area (Å²) in [5.74, 6) is -0.0978. The maximum absolute atomic E-state index is 13.6. The average molecular weight is 346 g/mol. The van der Waals surface area contributed by atoms with Crippen LogP contribution in [-0.4, -0.2) is 4.99 Å². The Morgan fingerprint density at radius 2 is 2.28 bits per heavy atom. The van der Waals surface area contributed by atoms with Gasteiger partial charge >= 0.3 is 0 Å². The van der Waals surface area contributed by atoms with Gasteiger partial charge < -0.3 is 10.5 Å². The van der Waals surface area contributed by atoms with Crippen LogP contribution < -0.4 is 10.5 Å². The Labute approximate surface area is 122 Å². The first kappa shape index (κ1) is 13.5. The summed E-state index contributed by atoms with van der Waals surface area (Å²) < 4.78 is 20.1. The summed E-state index contributed by atoms with van der Waals surface area (Å²) in [6.07, 6.45) is 0. The van der Waals surface area contributed by atoms with E-state index in [0.717, 1.165) is 9.35 Å². The lowest BCUT2D eigenvalue weighted by molar-refractivity contribution is 0.307. The maximum Gasteiger partial charge on any atom is 0.137 e. The van der Waals surface area contributed by atoms with Crippen LogP contribution in [0.1, 0.15) is 10.4 Å². The SMILES string of the molecule is NC(=S)c1c(F)cccc1OCc1cc(Br)cs1. The summed E-state index contributed by atoms with van der Waals surface area (Å²) in [6, 6.07) is 6.48. The Morgan fingerprint density at radius 1 is 1.50 bits per heavy atom. The van der Waals surface area contributed by atoms with Crippen LogP contribution in [0.15, 0.2) is 34.1 Å². The van der Waals surface area contributed by atoms with Crippen LogP contribution in [0.25, 0.3) is 0 Å². The smallest absolute Gasteiger partial charge is 0.137 e. The molecule has 0 radical (unpaired) electrons. The summed E-state index contributed by atoms with van der Waals surface area (Å²) in [4.78, 5) is 1.02. The molecule has 0 aliphatic heterocycles. The first-order chi connectivity index (χ1) is 8.58. The number of benzene rings is 1. The van der Waals surface area contributed by atoms with E-state index in [1.165, 1.54) is 6.07 Å². The van der Waals surface area contributed by atoms with Crippen molar-refractivity contribution in [2.24, 2.45) is 5.73 Å². The minimum Gasteiger partial charge on any atom is -0.487 e. The molecule has 0 saturated carbocycles. The van der Waals surface area contributed by atoms with Crippen molar-refractivity contribution in [3.8, 4) is 5.75 Å². The van der Waals surface area contributed by atoms with Crippen molar-refractivity contribution in [1.82, 2.24) is 0 Å². The monoisotopic (exact) mass is 345 g/mol. The Kier molecular flexibility index (Phi) is 4.31. The normalized spacial score (nSPS) is 10.3. The van der Waals surface area contributed by atoms with Crippen molar-refractivity contribution in [3.63, 3.8) is 0 Å². The summed E-state index contributed by atoms with van der Waals surface area (Å²) in [5, 5.41) is 1.96. The van der Waals surface area contributed by atoms with Gasteiger partial charge in [-0.25, -0.2) is 4.39 Å². The van der Waals surface area contributed by atoms with Gasteiger partial charge in [0.2, 0.25) is 0 Å². The molecule has 0 aliphatic rings. The summed E-state index contributed by atoms with van der Waals surface area (Å²) in [5.41, 5.74) is 5.65. The second kappa shape index (κ2) is 5.77. The van der Waals surface area contributed by atoms with Crippen LogP contribution in [0.5, 0.6) is 5.75 Å². The van der Waals surface area contributed by atoms with Gasteiger partial charge in [-0.15, -0.1) is 11.3 Å². The van der Waals surface area contributed by atoms with E-state index >= 15 is 0 Å². The van der Waals surface area contributed by atoms with Crippen molar-refractivity contribution in [1.29, 1.82) is 0 Å². The highest BCUT2D eigenvalue weighted by Crippen LogP contribution is 2.25. The van der Waals surface area contributed by atoms with Gasteiger partial charge in [0.25, 0.3) is 0 Å². The molecular formula is C12H9BrFNOS2. The lowest BCUT2D eigenvalue weighted by Crippen LogP contribution is -2.13. The van der Waals surface area contributed by atoms with E-state index in [2.05, 4.69) is 15.9 Å². The van der Waals surface area contributed by atoms with Crippen LogP contribution in [0.4, 0.5) is 4.39 Å². The molecule has 0 spiro atoms. The van der Waals surface area contributed by atoms with Crippen LogP contribution in [0, 0.1) is 5.82 Å². The molecule has 0 unspecified atom stereocenters. The van der Waals surface area contributed by atoms with E-state index in [0.29, 0.717) is 12.4 Å². The first-order valence-electron chi connectivity index (χ1n) is 5.02. The third-order valence-electron chi connectivity index (χ3n) is 2.21. The molecule has 0 amide bonds. The number of hydrogen-bond acceptors (Lipinski definition) is 3. The Bertz CT molecular complexity index is 585. The summed E-state index contributed by atoms with van der Waals surface area (Å²) in [6.45, 7) is 0.356. The topological polar surface area (TPSA) is 35.2 Å². The molecule has 94 valence electrons. The van der Waals surface area contributed by atoms with Gasteiger partial charge in [0, 0.05) is 14.7 Å². The number of halogens is 2. The molecular weight excluding hydrogens is 337 g/mol. The number of nitrogens with two attached hydrogens (primary N) is 1. The fourth-order valence-electron chi connectivity index (χ4n) is 1.44. The zero-order chi connectivity index (χ0) is 13.1. The third kappa shape index (κ3) is 3.07. The van der Waals surface area contributed by atoms with Crippen molar-refractivity contribution in [2.75, 3.05) is 0 Å². The Hall–Kier alpha value is -0.980. The predicted molar refractivity (Wildman–Crippen MR) is 78.6 cm³/mol. The van der Waals surface area contributed by atoms with Gasteiger partial charge in [-0.05, 0) is 34.1 Å². The number of rotatable bonds is 4. The van der Waals surface area contributed by atoms with E-state index in [4.69, 9.17) is 22.7 Å². The molecule has 2 N–H and O–H groups in total. The van der Waals surface area contributed by atoms with Gasteiger partial charge in [0.1, 0.15) is 23.2 Å². The molecule has 1 heterocycles. The van der Waals surface area contributed by atoms with Gasteiger partial charge in [-0.2, -0.15) is 0 Å². The third-order valence-corrected chi connectivity index (χ3v) is 4.09. The molecule has 1 aromatic heterocycles. The molecule has 2 nitrogen and oxygen atoms in total. The number of hydrogen-bond donors (Lipinski definition) is 1. The van der Waals surface area contributed by atoms with Crippen LogP contribution in [-0.2, 0) is 6.61 Å². The molecule has 2 rings (SSSR count). The van der Waals surface area contributed by atoms with E-state index in [1.807, 2.05) is 11.4 Å². The second-order valence-electron chi connectivity index (χ2n) is 3.50. The van der Waals surface area contributed by atoms with E-state index in [-0.39, 0.29) is 10.6 Å². The largest absolute Gasteiger partial charge is 0.487 e. The fraction of sp³-hybridized carbons (Fsp3) is 0.0833. The van der Waals surface area contributed by atoms with Crippen molar-refractivity contribution in [3.05, 3.63) is 50.4 Å². The van der Waals surface area contributed by atoms with Crippen molar-refractivity contribution in [2.45, 2.75) is 6.61 Å². The number of thiocarbonyl (C=S) groups is 1. The predicted octanol–water partition coefficient (Wildman–Crippen LogP) is 3.86. The van der Waals surface area contributed by atoms with Gasteiger partial charge in [0.15, 0.2) is 0 Å². The maximum atomic E-state index is 13.6. The van der Waals surface area contributed by atoms with Crippen LogP contribution >= 0.6 is 39.5 Å². The number of thiophene rings is 1. The lowest BCUT2D eigenvalue weighted by Gasteiger charge is -2.10. The molecule has 18 heavy (non-hydrogen) atoms. The van der Waals surface area contributed by atoms with Gasteiger partial charge in [-0.3, -0.25) is 0 Å². The van der Waals surface area contributed by atoms with Gasteiger partial charge in [0.05, 0.1) is 5.56 Å². The zero-order valence-electron chi connectivity index (χ0n) is 9.15. The van der Waals surface area contributed by atoms with Crippen molar-refractivity contribution < 1.29 is 9.13 Å². The lowest BCUT2D eigenvalue weighted by atomic mass is 10.2.